The van der Waals surface area contributed by atoms with Crippen LogP contribution in [0.3, 0.4) is 0 Å². The molecule has 9 nitrogen and oxygen atoms in total. The van der Waals surface area contributed by atoms with Gasteiger partial charge in [0, 0.05) is 60.9 Å². The van der Waals surface area contributed by atoms with Gasteiger partial charge in [0.25, 0.3) is 0 Å². The van der Waals surface area contributed by atoms with E-state index in [0.717, 1.165) is 71.8 Å². The number of rotatable bonds is 7. The zero-order valence-electron chi connectivity index (χ0n) is 25.2. The summed E-state index contributed by atoms with van der Waals surface area (Å²) in [5.74, 6) is 1.16. The van der Waals surface area contributed by atoms with Crippen molar-refractivity contribution in [2.75, 3.05) is 23.7 Å². The normalized spacial score (nSPS) is 17.9. The molecule has 0 amide bonds. The molecule has 2 aliphatic heterocycles. The van der Waals surface area contributed by atoms with Crippen molar-refractivity contribution >= 4 is 29.0 Å². The molecule has 0 radical (unpaired) electrons. The minimum absolute atomic E-state index is 0.0360. The van der Waals surface area contributed by atoms with E-state index in [1.54, 1.807) is 18.3 Å². The fraction of sp³-hybridized carbons (Fsp3) is 0.189. The molecule has 2 fully saturated rings. The van der Waals surface area contributed by atoms with E-state index in [4.69, 9.17) is 15.7 Å². The van der Waals surface area contributed by atoms with Crippen LogP contribution in [0.25, 0.3) is 39.5 Å². The third-order valence-corrected chi connectivity index (χ3v) is 9.35. The summed E-state index contributed by atoms with van der Waals surface area (Å²) in [4.78, 5) is 30.5. The fourth-order valence-corrected chi connectivity index (χ4v) is 7.01. The summed E-state index contributed by atoms with van der Waals surface area (Å²) in [5.41, 5.74) is 14.0. The van der Waals surface area contributed by atoms with E-state index in [-0.39, 0.29) is 5.75 Å². The highest BCUT2D eigenvalue weighted by Crippen LogP contribution is 2.36. The van der Waals surface area contributed by atoms with Gasteiger partial charge in [0.2, 0.25) is 0 Å². The van der Waals surface area contributed by atoms with Crippen LogP contribution in [0, 0.1) is 0 Å². The summed E-state index contributed by atoms with van der Waals surface area (Å²) in [5, 5.41) is 10.2. The fourth-order valence-electron chi connectivity index (χ4n) is 7.01. The summed E-state index contributed by atoms with van der Waals surface area (Å²) >= 11 is 0. The minimum Gasteiger partial charge on any atom is -0.507 e. The highest BCUT2D eigenvalue weighted by molar-refractivity contribution is 5.84. The summed E-state index contributed by atoms with van der Waals surface area (Å²) in [6.45, 7) is 2.64. The molecule has 9 heteroatoms. The Morgan fingerprint density at radius 1 is 0.848 bits per heavy atom. The molecule has 5 heterocycles. The number of hydrogen-bond donors (Lipinski definition) is 2. The SMILES string of the molecule is Nc1ncccc1-c1nc2ccc(-c3ccccc3)nc2n1-c1ccc(CN2C3CCC2CN(c2ccc(C=O)c(O)c2)C3)cc1. The maximum absolute atomic E-state index is 11.2. The average Bonchev–Trinajstić information content (AvgIpc) is 3.56. The molecule has 2 atom stereocenters. The van der Waals surface area contributed by atoms with Gasteiger partial charge in [0.05, 0.1) is 16.8 Å². The lowest BCUT2D eigenvalue weighted by atomic mass is 10.1. The van der Waals surface area contributed by atoms with E-state index in [1.807, 2.05) is 48.5 Å². The van der Waals surface area contributed by atoms with Gasteiger partial charge in [-0.1, -0.05) is 42.5 Å². The summed E-state index contributed by atoms with van der Waals surface area (Å²) in [6, 6.07) is 32.8. The number of pyridine rings is 2. The summed E-state index contributed by atoms with van der Waals surface area (Å²) in [7, 11) is 0. The monoisotopic (exact) mass is 607 g/mol. The van der Waals surface area contributed by atoms with Gasteiger partial charge >= 0.3 is 0 Å². The van der Waals surface area contributed by atoms with Gasteiger partial charge in [0.15, 0.2) is 17.8 Å². The number of phenols is 1. The molecule has 46 heavy (non-hydrogen) atoms. The van der Waals surface area contributed by atoms with Gasteiger partial charge in [-0.3, -0.25) is 14.3 Å². The van der Waals surface area contributed by atoms with Crippen LogP contribution >= 0.6 is 0 Å². The van der Waals surface area contributed by atoms with Crippen molar-refractivity contribution in [2.45, 2.75) is 31.5 Å². The zero-order chi connectivity index (χ0) is 31.2. The van der Waals surface area contributed by atoms with Gasteiger partial charge in [-0.25, -0.2) is 15.0 Å². The van der Waals surface area contributed by atoms with Crippen LogP contribution in [0.4, 0.5) is 11.5 Å². The Bertz CT molecular complexity index is 2040. The zero-order valence-corrected chi connectivity index (χ0v) is 25.2. The van der Waals surface area contributed by atoms with Crippen molar-refractivity contribution in [2.24, 2.45) is 0 Å². The van der Waals surface area contributed by atoms with E-state index in [2.05, 4.69) is 55.7 Å². The molecule has 3 aromatic carbocycles. The smallest absolute Gasteiger partial charge is 0.165 e. The lowest BCUT2D eigenvalue weighted by Crippen LogP contribution is -2.53. The van der Waals surface area contributed by atoms with Crippen molar-refractivity contribution < 1.29 is 9.90 Å². The summed E-state index contributed by atoms with van der Waals surface area (Å²) in [6.07, 6.45) is 4.66. The molecule has 2 aliphatic rings. The van der Waals surface area contributed by atoms with Crippen LogP contribution in [-0.4, -0.2) is 61.0 Å². The van der Waals surface area contributed by atoms with Crippen LogP contribution in [-0.2, 0) is 6.54 Å². The number of benzene rings is 3. The number of aromatic nitrogens is 4. The standard InChI is InChI=1S/C37H33N7O2/c38-35-31(7-4-18-39-35)36-41-33-17-16-32(25-5-2-1-3-6-25)40-37(33)44(36)27-11-8-24(9-12-27)20-43-29-14-15-30(43)22-42(21-29)28-13-10-26(23-45)34(46)19-28/h1-13,16-19,23,29-30,46H,14-15,20-22H2,(H2,38,39). The average molecular weight is 608 g/mol. The minimum atomic E-state index is 0.0360. The van der Waals surface area contributed by atoms with Crippen LogP contribution in [0.2, 0.25) is 0 Å². The second-order valence-electron chi connectivity index (χ2n) is 12.1. The van der Waals surface area contributed by atoms with E-state index >= 15 is 0 Å². The number of nitrogens with two attached hydrogens (primary N) is 1. The lowest BCUT2D eigenvalue weighted by molar-refractivity contribution is 0.112. The molecule has 3 aromatic heterocycles. The first-order valence-corrected chi connectivity index (χ1v) is 15.6. The van der Waals surface area contributed by atoms with E-state index in [1.165, 1.54) is 5.56 Å². The van der Waals surface area contributed by atoms with Crippen molar-refractivity contribution in [3.63, 3.8) is 0 Å². The first-order chi connectivity index (χ1) is 22.6. The van der Waals surface area contributed by atoms with Gasteiger partial charge in [-0.2, -0.15) is 0 Å². The number of nitrogens with zero attached hydrogens (tertiary/aromatic N) is 6. The van der Waals surface area contributed by atoms with Crippen LogP contribution < -0.4 is 10.6 Å². The van der Waals surface area contributed by atoms with Crippen LogP contribution in [0.15, 0.2) is 103 Å². The van der Waals surface area contributed by atoms with Gasteiger partial charge in [-0.15, -0.1) is 0 Å². The number of hydrogen-bond acceptors (Lipinski definition) is 8. The highest BCUT2D eigenvalue weighted by atomic mass is 16.3. The quantitative estimate of drug-likeness (QED) is 0.209. The number of aldehydes is 1. The Kier molecular flexibility index (Phi) is 6.95. The Morgan fingerprint density at radius 2 is 1.61 bits per heavy atom. The number of piperazine rings is 1. The van der Waals surface area contributed by atoms with E-state index < -0.39 is 0 Å². The molecule has 228 valence electrons. The van der Waals surface area contributed by atoms with E-state index in [9.17, 15) is 9.90 Å². The molecule has 0 spiro atoms. The summed E-state index contributed by atoms with van der Waals surface area (Å²) < 4.78 is 2.08. The Hall–Kier alpha value is -5.54. The topological polar surface area (TPSA) is 113 Å². The van der Waals surface area contributed by atoms with Gasteiger partial charge in [-0.05, 0) is 66.9 Å². The molecular weight excluding hydrogens is 574 g/mol. The molecule has 2 bridgehead atoms. The molecule has 6 aromatic rings. The van der Waals surface area contributed by atoms with Crippen LogP contribution in [0.5, 0.6) is 5.75 Å². The lowest BCUT2D eigenvalue weighted by Gasteiger charge is -2.42. The highest BCUT2D eigenvalue weighted by Gasteiger charge is 2.40. The van der Waals surface area contributed by atoms with E-state index in [0.29, 0.717) is 35.6 Å². The number of carbonyl (C=O) groups excluding carboxylic acids is 1. The molecule has 2 unspecified atom stereocenters. The molecule has 0 saturated carbocycles. The predicted molar refractivity (Wildman–Crippen MR) is 180 cm³/mol. The second kappa shape index (κ2) is 11.4. The van der Waals surface area contributed by atoms with Crippen molar-refractivity contribution in [1.82, 2.24) is 24.4 Å². The number of nitrogen functional groups attached to an aromatic ring is 1. The van der Waals surface area contributed by atoms with Crippen LogP contribution in [0.1, 0.15) is 28.8 Å². The molecule has 0 aliphatic carbocycles. The molecule has 8 rings (SSSR count). The van der Waals surface area contributed by atoms with Crippen molar-refractivity contribution in [3.05, 3.63) is 114 Å². The maximum atomic E-state index is 11.2. The van der Waals surface area contributed by atoms with Gasteiger partial charge < -0.3 is 15.7 Å². The molecular formula is C37H33N7O2. The van der Waals surface area contributed by atoms with Crippen molar-refractivity contribution in [1.29, 1.82) is 0 Å². The molecule has 2 saturated heterocycles. The molecule has 3 N–H and O–H groups in total. The number of carbonyl (C=O) groups is 1. The number of imidazole rings is 1. The number of phenolic OH excluding ortho intramolecular Hbond substituents is 1. The maximum Gasteiger partial charge on any atom is 0.165 e. The Labute approximate surface area is 266 Å². The first kappa shape index (κ1) is 28.0. The van der Waals surface area contributed by atoms with Crippen molar-refractivity contribution in [3.8, 4) is 34.1 Å². The Morgan fingerprint density at radius 3 is 2.33 bits per heavy atom. The predicted octanol–water partition coefficient (Wildman–Crippen LogP) is 6.10. The number of fused-ring (bicyclic) bond motifs is 3. The number of aromatic hydroxyl groups is 1. The Balaban J connectivity index is 1.09. The third kappa shape index (κ3) is 4.95. The largest absolute Gasteiger partial charge is 0.507 e. The number of anilines is 2. The first-order valence-electron chi connectivity index (χ1n) is 15.6. The third-order valence-electron chi connectivity index (χ3n) is 9.35. The second-order valence-corrected chi connectivity index (χ2v) is 12.1. The van der Waals surface area contributed by atoms with Gasteiger partial charge in [0.1, 0.15) is 17.1 Å².